The van der Waals surface area contributed by atoms with Crippen molar-refractivity contribution in [3.8, 4) is 11.5 Å². The van der Waals surface area contributed by atoms with Crippen molar-refractivity contribution in [2.75, 3.05) is 18.3 Å². The van der Waals surface area contributed by atoms with Crippen LogP contribution in [-0.2, 0) is 20.9 Å². The summed E-state index contributed by atoms with van der Waals surface area (Å²) < 4.78 is 15.8. The van der Waals surface area contributed by atoms with Crippen molar-refractivity contribution < 1.29 is 23.8 Å². The molecule has 3 aromatic carbocycles. The van der Waals surface area contributed by atoms with Crippen LogP contribution in [0.2, 0.25) is 0 Å². The van der Waals surface area contributed by atoms with Gasteiger partial charge in [0.1, 0.15) is 0 Å². The lowest BCUT2D eigenvalue weighted by atomic mass is 10.2. The molecule has 0 fully saturated rings. The smallest absolute Gasteiger partial charge is 0.331 e. The Morgan fingerprint density at radius 3 is 2.39 bits per heavy atom. The summed E-state index contributed by atoms with van der Waals surface area (Å²) in [6.45, 7) is 0.216. The fraction of sp³-hybridized carbons (Fsp3) is 0.120. The largest absolute Gasteiger partial charge is 0.454 e. The van der Waals surface area contributed by atoms with E-state index in [9.17, 15) is 9.59 Å². The van der Waals surface area contributed by atoms with Gasteiger partial charge in [-0.15, -0.1) is 0 Å². The molecule has 31 heavy (non-hydrogen) atoms. The van der Waals surface area contributed by atoms with Crippen LogP contribution in [0.25, 0.3) is 6.08 Å². The summed E-state index contributed by atoms with van der Waals surface area (Å²) >= 11 is 0. The second-order valence-electron chi connectivity index (χ2n) is 6.85. The van der Waals surface area contributed by atoms with E-state index in [2.05, 4.69) is 0 Å². The Balaban J connectivity index is 1.38. The molecule has 6 heteroatoms. The van der Waals surface area contributed by atoms with Crippen LogP contribution in [0.3, 0.4) is 0 Å². The number of fused-ring (bicyclic) bond motifs is 1. The number of carbonyl (C=O) groups is 2. The highest BCUT2D eigenvalue weighted by molar-refractivity contribution is 5.96. The number of anilines is 1. The molecule has 0 radical (unpaired) electrons. The quantitative estimate of drug-likeness (QED) is 0.427. The third-order valence-electron chi connectivity index (χ3n) is 4.70. The van der Waals surface area contributed by atoms with E-state index in [0.717, 1.165) is 16.8 Å². The zero-order valence-electron chi connectivity index (χ0n) is 16.8. The molecule has 0 saturated carbocycles. The molecule has 0 unspecified atom stereocenters. The number of ether oxygens (including phenoxy) is 3. The van der Waals surface area contributed by atoms with E-state index in [1.54, 1.807) is 29.2 Å². The molecule has 1 amide bonds. The van der Waals surface area contributed by atoms with Gasteiger partial charge in [0.15, 0.2) is 18.1 Å². The topological polar surface area (TPSA) is 65.1 Å². The van der Waals surface area contributed by atoms with Gasteiger partial charge in [0.25, 0.3) is 5.91 Å². The minimum atomic E-state index is -0.598. The molecular formula is C25H21NO5. The highest BCUT2D eigenvalue weighted by Gasteiger charge is 2.18. The molecule has 6 nitrogen and oxygen atoms in total. The first-order valence-corrected chi connectivity index (χ1v) is 9.83. The van der Waals surface area contributed by atoms with Crippen LogP contribution in [0.15, 0.2) is 84.9 Å². The molecule has 0 spiro atoms. The summed E-state index contributed by atoms with van der Waals surface area (Å²) in [5, 5.41) is 0. The minimum absolute atomic E-state index is 0.188. The molecule has 1 aliphatic rings. The fourth-order valence-electron chi connectivity index (χ4n) is 3.14. The number of nitrogens with zero attached hydrogens (tertiary/aromatic N) is 1. The lowest BCUT2D eigenvalue weighted by Crippen LogP contribution is -2.34. The van der Waals surface area contributed by atoms with Crippen molar-refractivity contribution in [2.24, 2.45) is 0 Å². The van der Waals surface area contributed by atoms with Gasteiger partial charge >= 0.3 is 5.97 Å². The maximum absolute atomic E-state index is 12.8. The number of hydrogen-bond acceptors (Lipinski definition) is 5. The SMILES string of the molecule is O=C(/C=C/c1ccc2c(c1)OCO2)OCC(=O)N(Cc1ccccc1)c1ccccc1. The van der Waals surface area contributed by atoms with E-state index in [0.29, 0.717) is 18.0 Å². The Morgan fingerprint density at radius 1 is 0.903 bits per heavy atom. The molecule has 156 valence electrons. The Bertz CT molecular complexity index is 1080. The Kier molecular flexibility index (Phi) is 6.28. The third-order valence-corrected chi connectivity index (χ3v) is 4.70. The van der Waals surface area contributed by atoms with E-state index in [-0.39, 0.29) is 19.3 Å². The third kappa shape index (κ3) is 5.30. The summed E-state index contributed by atoms with van der Waals surface area (Å²) in [5.74, 6) is 0.397. The number of para-hydroxylation sites is 1. The van der Waals surface area contributed by atoms with Crippen molar-refractivity contribution in [1.82, 2.24) is 0 Å². The Hall–Kier alpha value is -4.06. The van der Waals surface area contributed by atoms with Crippen LogP contribution in [0.5, 0.6) is 11.5 Å². The molecule has 0 aliphatic carbocycles. The van der Waals surface area contributed by atoms with Crippen molar-refractivity contribution >= 4 is 23.6 Å². The van der Waals surface area contributed by atoms with Crippen molar-refractivity contribution in [3.63, 3.8) is 0 Å². The van der Waals surface area contributed by atoms with Gasteiger partial charge in [-0.25, -0.2) is 4.79 Å². The number of benzene rings is 3. The monoisotopic (exact) mass is 415 g/mol. The van der Waals surface area contributed by atoms with E-state index >= 15 is 0 Å². The lowest BCUT2D eigenvalue weighted by molar-refractivity contribution is -0.142. The standard InChI is InChI=1S/C25H21NO5/c27-24(26(21-9-5-2-6-10-21)16-20-7-3-1-4-8-20)17-29-25(28)14-12-19-11-13-22-23(15-19)31-18-30-22/h1-15H,16-18H2/b14-12+. The fourth-order valence-corrected chi connectivity index (χ4v) is 3.14. The van der Waals surface area contributed by atoms with Crippen LogP contribution in [-0.4, -0.2) is 25.3 Å². The summed E-state index contributed by atoms with van der Waals surface area (Å²) in [6, 6.07) is 24.3. The highest BCUT2D eigenvalue weighted by atomic mass is 16.7. The first kappa shape index (κ1) is 20.2. The molecule has 0 saturated heterocycles. The molecule has 0 aromatic heterocycles. The molecule has 0 atom stereocenters. The Labute approximate surface area is 180 Å². The van der Waals surface area contributed by atoms with Gasteiger partial charge in [0.2, 0.25) is 6.79 Å². The van der Waals surface area contributed by atoms with Crippen molar-refractivity contribution in [2.45, 2.75) is 6.54 Å². The van der Waals surface area contributed by atoms with E-state index in [1.807, 2.05) is 60.7 Å². The zero-order chi connectivity index (χ0) is 21.5. The van der Waals surface area contributed by atoms with Gasteiger partial charge in [-0.3, -0.25) is 4.79 Å². The predicted molar refractivity (Wildman–Crippen MR) is 117 cm³/mol. The van der Waals surface area contributed by atoms with E-state index in [4.69, 9.17) is 14.2 Å². The molecular weight excluding hydrogens is 394 g/mol. The Morgan fingerprint density at radius 2 is 1.61 bits per heavy atom. The summed E-state index contributed by atoms with van der Waals surface area (Å²) in [7, 11) is 0. The number of carbonyl (C=O) groups excluding carboxylic acids is 2. The van der Waals surface area contributed by atoms with Gasteiger partial charge in [0, 0.05) is 11.8 Å². The first-order valence-electron chi connectivity index (χ1n) is 9.83. The number of amides is 1. The molecule has 1 heterocycles. The molecule has 4 rings (SSSR count). The lowest BCUT2D eigenvalue weighted by Gasteiger charge is -2.22. The van der Waals surface area contributed by atoms with Gasteiger partial charge in [-0.05, 0) is 41.5 Å². The van der Waals surface area contributed by atoms with Gasteiger partial charge in [0.05, 0.1) is 6.54 Å². The summed E-state index contributed by atoms with van der Waals surface area (Å²) in [6.07, 6.45) is 2.89. The second kappa shape index (κ2) is 9.63. The van der Waals surface area contributed by atoms with Crippen molar-refractivity contribution in [3.05, 3.63) is 96.1 Å². The predicted octanol–water partition coefficient (Wildman–Crippen LogP) is 4.21. The molecule has 0 bridgehead atoms. The van der Waals surface area contributed by atoms with Crippen LogP contribution in [0, 0.1) is 0 Å². The minimum Gasteiger partial charge on any atom is -0.454 e. The zero-order valence-corrected chi connectivity index (χ0v) is 16.8. The van der Waals surface area contributed by atoms with Gasteiger partial charge < -0.3 is 19.1 Å². The summed E-state index contributed by atoms with van der Waals surface area (Å²) in [5.41, 5.74) is 2.49. The molecule has 1 aliphatic heterocycles. The summed E-state index contributed by atoms with van der Waals surface area (Å²) in [4.78, 5) is 26.6. The average molecular weight is 415 g/mol. The maximum atomic E-state index is 12.8. The molecule has 3 aromatic rings. The highest BCUT2D eigenvalue weighted by Crippen LogP contribution is 2.32. The van der Waals surface area contributed by atoms with Gasteiger partial charge in [-0.1, -0.05) is 54.6 Å². The van der Waals surface area contributed by atoms with E-state index in [1.165, 1.54) is 6.08 Å². The van der Waals surface area contributed by atoms with E-state index < -0.39 is 5.97 Å². The average Bonchev–Trinajstić information content (AvgIpc) is 3.29. The van der Waals surface area contributed by atoms with Crippen LogP contribution >= 0.6 is 0 Å². The van der Waals surface area contributed by atoms with Crippen LogP contribution in [0.1, 0.15) is 11.1 Å². The van der Waals surface area contributed by atoms with Crippen LogP contribution < -0.4 is 14.4 Å². The number of rotatable bonds is 7. The first-order chi connectivity index (χ1) is 15.2. The van der Waals surface area contributed by atoms with Gasteiger partial charge in [-0.2, -0.15) is 0 Å². The van der Waals surface area contributed by atoms with Crippen LogP contribution in [0.4, 0.5) is 5.69 Å². The maximum Gasteiger partial charge on any atom is 0.331 e. The van der Waals surface area contributed by atoms with Crippen molar-refractivity contribution in [1.29, 1.82) is 0 Å². The normalized spacial score (nSPS) is 12.0. The molecule has 0 N–H and O–H groups in total. The second-order valence-corrected chi connectivity index (χ2v) is 6.85. The number of hydrogen-bond donors (Lipinski definition) is 0. The number of esters is 1.